The molecule has 3 aromatic rings. The fraction of sp³-hybridized carbons (Fsp3) is 0.464. The number of phenols is 1. The van der Waals surface area contributed by atoms with E-state index in [0.29, 0.717) is 17.7 Å². The number of methoxy groups -OCH3 is 2. The van der Waals surface area contributed by atoms with Gasteiger partial charge in [0.25, 0.3) is 0 Å². The van der Waals surface area contributed by atoms with Gasteiger partial charge >= 0.3 is 0 Å². The molecule has 2 unspecified atom stereocenters. The Morgan fingerprint density at radius 2 is 1.68 bits per heavy atom. The molecule has 218 valence electrons. The summed E-state index contributed by atoms with van der Waals surface area (Å²) >= 11 is 0. The van der Waals surface area contributed by atoms with Crippen molar-refractivity contribution in [3.63, 3.8) is 0 Å². The summed E-state index contributed by atoms with van der Waals surface area (Å²) in [5.41, 5.74) is -0.945. The maximum Gasteiger partial charge on any atom is 0.238 e. The first-order chi connectivity index (χ1) is 18.9. The van der Waals surface area contributed by atoms with Crippen molar-refractivity contribution in [2.24, 2.45) is 0 Å². The van der Waals surface area contributed by atoms with E-state index < -0.39 is 59.8 Å². The lowest BCUT2D eigenvalue weighted by molar-refractivity contribution is -0.277. The Kier molecular flexibility index (Phi) is 8.59. The van der Waals surface area contributed by atoms with Crippen molar-refractivity contribution in [2.75, 3.05) is 20.8 Å². The predicted octanol–water partition coefficient (Wildman–Crippen LogP) is 1.42. The predicted molar refractivity (Wildman–Crippen MR) is 142 cm³/mol. The van der Waals surface area contributed by atoms with Crippen molar-refractivity contribution < 1.29 is 54.0 Å². The summed E-state index contributed by atoms with van der Waals surface area (Å²) in [5.74, 6) is -0.956. The molecule has 1 aliphatic rings. The molecule has 0 radical (unpaired) electrons. The molecule has 12 nitrogen and oxygen atoms in total. The number of phenolic OH excluding ortho intramolecular Hbond substituents is 1. The lowest BCUT2D eigenvalue weighted by atomic mass is 9.95. The maximum absolute atomic E-state index is 13.3. The van der Waals surface area contributed by atoms with Crippen LogP contribution in [-0.2, 0) is 15.9 Å². The second-order valence-electron chi connectivity index (χ2n) is 10.2. The number of benzene rings is 2. The Balaban J connectivity index is 1.90. The third-order valence-electron chi connectivity index (χ3n) is 7.16. The van der Waals surface area contributed by atoms with Crippen LogP contribution in [0.4, 0.5) is 0 Å². The highest BCUT2D eigenvalue weighted by Gasteiger charge is 2.45. The Hall–Kier alpha value is -3.39. The zero-order valence-corrected chi connectivity index (χ0v) is 22.5. The summed E-state index contributed by atoms with van der Waals surface area (Å²) in [5, 5.41) is 61.7. The summed E-state index contributed by atoms with van der Waals surface area (Å²) < 4.78 is 28.1. The van der Waals surface area contributed by atoms with Gasteiger partial charge in [0.15, 0.2) is 5.76 Å². The minimum absolute atomic E-state index is 0.0595. The molecule has 1 aliphatic heterocycles. The topological polar surface area (TPSA) is 189 Å². The van der Waals surface area contributed by atoms with Crippen LogP contribution in [0, 0.1) is 0 Å². The molecule has 1 aromatic heterocycles. The Bertz CT molecular complexity index is 1400. The average molecular weight is 563 g/mol. The van der Waals surface area contributed by atoms with Crippen molar-refractivity contribution in [3.8, 4) is 34.3 Å². The van der Waals surface area contributed by atoms with Crippen LogP contribution in [0.1, 0.15) is 25.8 Å². The molecule has 0 aliphatic carbocycles. The van der Waals surface area contributed by atoms with E-state index >= 15 is 0 Å². The van der Waals surface area contributed by atoms with Gasteiger partial charge in [-0.3, -0.25) is 4.79 Å². The monoisotopic (exact) mass is 562 g/mol. The van der Waals surface area contributed by atoms with Crippen LogP contribution in [0.2, 0.25) is 0 Å². The molecular weight excluding hydrogens is 528 g/mol. The van der Waals surface area contributed by atoms with Gasteiger partial charge in [-0.15, -0.1) is 0 Å². The van der Waals surface area contributed by atoms with Gasteiger partial charge < -0.3 is 54.0 Å². The van der Waals surface area contributed by atoms with Crippen molar-refractivity contribution in [1.82, 2.24) is 0 Å². The molecule has 1 saturated heterocycles. The van der Waals surface area contributed by atoms with Crippen molar-refractivity contribution in [3.05, 3.63) is 46.1 Å². The van der Waals surface area contributed by atoms with Gasteiger partial charge in [-0.1, -0.05) is 0 Å². The molecule has 0 amide bonds. The molecule has 1 fully saturated rings. The van der Waals surface area contributed by atoms with Gasteiger partial charge in [0, 0.05) is 24.3 Å². The second-order valence-corrected chi connectivity index (χ2v) is 10.2. The van der Waals surface area contributed by atoms with Gasteiger partial charge in [-0.25, -0.2) is 0 Å². The number of hydrogen-bond acceptors (Lipinski definition) is 12. The van der Waals surface area contributed by atoms with Crippen molar-refractivity contribution in [2.45, 2.75) is 63.0 Å². The fourth-order valence-corrected chi connectivity index (χ4v) is 4.46. The Labute approximate surface area is 229 Å². The molecule has 2 aromatic carbocycles. The van der Waals surface area contributed by atoms with Gasteiger partial charge in [0.1, 0.15) is 52.6 Å². The van der Waals surface area contributed by atoms with Gasteiger partial charge in [-0.2, -0.15) is 0 Å². The standard InChI is InChI=1S/C28H34O12/c1-28(2,37-4)10-9-15-17(38-27-24(35)22(33)20(31)18(12-29)39-27)11-16(30)19-21(32)23(34)25(40-26(15)19)13-5-7-14(36-3)8-6-13/h5-8,11,18,20,22,24,27,29-31,33-35H,9-10,12H2,1-4H3/t18?,20-,22+,24?,27-/m1/s1. The number of hydrogen-bond donors (Lipinski definition) is 6. The molecule has 2 heterocycles. The number of aromatic hydroxyl groups is 2. The third kappa shape index (κ3) is 5.59. The van der Waals surface area contributed by atoms with Gasteiger partial charge in [-0.05, 0) is 51.0 Å². The first-order valence-electron chi connectivity index (χ1n) is 12.6. The van der Waals surface area contributed by atoms with Crippen LogP contribution in [0.3, 0.4) is 0 Å². The molecule has 4 rings (SSSR count). The third-order valence-corrected chi connectivity index (χ3v) is 7.16. The Morgan fingerprint density at radius 3 is 2.27 bits per heavy atom. The zero-order valence-electron chi connectivity index (χ0n) is 22.5. The van der Waals surface area contributed by atoms with Crippen LogP contribution in [0.5, 0.6) is 23.0 Å². The second kappa shape index (κ2) is 11.6. The largest absolute Gasteiger partial charge is 0.507 e. The quantitative estimate of drug-likeness (QED) is 0.220. The van der Waals surface area contributed by atoms with Gasteiger partial charge in [0.05, 0.1) is 19.3 Å². The average Bonchev–Trinajstić information content (AvgIpc) is 2.94. The normalized spacial score (nSPS) is 23.4. The summed E-state index contributed by atoms with van der Waals surface area (Å²) in [6, 6.07) is 7.53. The zero-order chi connectivity index (χ0) is 29.4. The van der Waals surface area contributed by atoms with E-state index in [9.17, 15) is 35.4 Å². The van der Waals surface area contributed by atoms with E-state index in [-0.39, 0.29) is 34.5 Å². The molecule has 40 heavy (non-hydrogen) atoms. The number of aliphatic hydroxyl groups excluding tert-OH is 4. The number of aliphatic hydroxyl groups is 4. The smallest absolute Gasteiger partial charge is 0.238 e. The molecule has 0 spiro atoms. The molecule has 5 atom stereocenters. The van der Waals surface area contributed by atoms with E-state index in [2.05, 4.69) is 0 Å². The molecule has 12 heteroatoms. The molecule has 0 bridgehead atoms. The molecule has 0 saturated carbocycles. The highest BCUT2D eigenvalue weighted by Crippen LogP contribution is 2.41. The van der Waals surface area contributed by atoms with E-state index in [4.69, 9.17) is 23.4 Å². The minimum atomic E-state index is -1.72. The van der Waals surface area contributed by atoms with Crippen LogP contribution in [-0.4, -0.2) is 87.8 Å². The van der Waals surface area contributed by atoms with Crippen molar-refractivity contribution >= 4 is 11.0 Å². The first-order valence-corrected chi connectivity index (χ1v) is 12.6. The van der Waals surface area contributed by atoms with E-state index in [0.717, 1.165) is 6.07 Å². The highest BCUT2D eigenvalue weighted by atomic mass is 16.7. The fourth-order valence-electron chi connectivity index (χ4n) is 4.46. The number of aryl methyl sites for hydroxylation is 1. The first kappa shape index (κ1) is 29.6. The van der Waals surface area contributed by atoms with Crippen LogP contribution in [0.15, 0.2) is 39.5 Å². The summed E-state index contributed by atoms with van der Waals surface area (Å²) in [6.45, 7) is 3.03. The molecular formula is C28H34O12. The number of fused-ring (bicyclic) bond motifs is 1. The van der Waals surface area contributed by atoms with Crippen LogP contribution < -0.4 is 14.9 Å². The van der Waals surface area contributed by atoms with E-state index in [1.54, 1.807) is 31.4 Å². The summed E-state index contributed by atoms with van der Waals surface area (Å²) in [7, 11) is 3.04. The minimum Gasteiger partial charge on any atom is -0.507 e. The number of ether oxygens (including phenoxy) is 4. The summed E-state index contributed by atoms with van der Waals surface area (Å²) in [6.07, 6.45) is -7.24. The van der Waals surface area contributed by atoms with E-state index in [1.165, 1.54) is 7.11 Å². The Morgan fingerprint density at radius 1 is 1.00 bits per heavy atom. The van der Waals surface area contributed by atoms with Crippen LogP contribution >= 0.6 is 0 Å². The SMILES string of the molecule is COc1ccc(-c2oc3c(CCC(C)(C)OC)c(O[C@@H]4OC(CO)[C@@H](O)[C@H](O)C4O)cc(O)c3c(=O)c2O)cc1. The van der Waals surface area contributed by atoms with Crippen molar-refractivity contribution in [1.29, 1.82) is 0 Å². The molecule has 6 N–H and O–H groups in total. The highest BCUT2D eigenvalue weighted by molar-refractivity contribution is 5.91. The van der Waals surface area contributed by atoms with Crippen LogP contribution in [0.25, 0.3) is 22.3 Å². The maximum atomic E-state index is 13.3. The number of rotatable bonds is 9. The lowest BCUT2D eigenvalue weighted by Gasteiger charge is -2.39. The van der Waals surface area contributed by atoms with Gasteiger partial charge in [0.2, 0.25) is 17.5 Å². The van der Waals surface area contributed by atoms with E-state index in [1.807, 2.05) is 13.8 Å². The summed E-state index contributed by atoms with van der Waals surface area (Å²) in [4.78, 5) is 13.3. The lowest BCUT2D eigenvalue weighted by Crippen LogP contribution is -2.60.